The van der Waals surface area contributed by atoms with E-state index in [9.17, 15) is 15.1 Å². The molecule has 2 rings (SSSR count). The maximum absolute atomic E-state index is 10.5. The summed E-state index contributed by atoms with van der Waals surface area (Å²) in [6.45, 7) is 5.93. The van der Waals surface area contributed by atoms with Crippen LogP contribution in [0.3, 0.4) is 0 Å². The highest BCUT2D eigenvalue weighted by molar-refractivity contribution is 6.62. The van der Waals surface area contributed by atoms with Crippen LogP contribution in [0.5, 0.6) is 5.75 Å². The van der Waals surface area contributed by atoms with Gasteiger partial charge < -0.3 is 14.4 Å². The Kier molecular flexibility index (Phi) is 5.78. The lowest BCUT2D eigenvalue weighted by molar-refractivity contribution is -0.490. The van der Waals surface area contributed by atoms with Crippen LogP contribution < -0.4 is 10.2 Å². The predicted molar refractivity (Wildman–Crippen MR) is 72.3 cm³/mol. The van der Waals surface area contributed by atoms with Crippen molar-refractivity contribution in [3.05, 3.63) is 33.9 Å². The molecule has 6 nitrogen and oxygen atoms in total. The Labute approximate surface area is 112 Å². The van der Waals surface area contributed by atoms with E-state index in [-0.39, 0.29) is 6.54 Å². The van der Waals surface area contributed by atoms with Crippen LogP contribution in [-0.4, -0.2) is 30.2 Å². The molecule has 0 spiro atoms. The van der Waals surface area contributed by atoms with E-state index in [4.69, 9.17) is 9.39 Å². The quantitative estimate of drug-likeness (QED) is 0.502. The molecule has 0 amide bonds. The van der Waals surface area contributed by atoms with Crippen LogP contribution in [0.1, 0.15) is 32.4 Å². The Morgan fingerprint density at radius 2 is 2.21 bits per heavy atom. The monoisotopic (exact) mass is 267 g/mol. The average Bonchev–Trinajstić information content (AvgIpc) is 2.69. The van der Waals surface area contributed by atoms with Crippen molar-refractivity contribution >= 4 is 12.6 Å². The number of ether oxygens (including phenoxy) is 1. The average molecular weight is 267 g/mol. The lowest BCUT2D eigenvalue weighted by Gasteiger charge is -2.09. The molecule has 0 bridgehead atoms. The fraction of sp³-hybridized carbons (Fsp3) is 0.500. The number of fused-ring (bicyclic) bond motifs is 1. The summed E-state index contributed by atoms with van der Waals surface area (Å²) >= 11 is 0. The lowest BCUT2D eigenvalue weighted by atomic mass is 9.78. The van der Waals surface area contributed by atoms with Gasteiger partial charge in [0.15, 0.2) is 0 Å². The van der Waals surface area contributed by atoms with Gasteiger partial charge in [0.05, 0.1) is 6.61 Å². The van der Waals surface area contributed by atoms with Gasteiger partial charge in [-0.3, -0.25) is 10.1 Å². The molecular formula is C12H18BNO5. The highest BCUT2D eigenvalue weighted by Gasteiger charge is 2.40. The summed E-state index contributed by atoms with van der Waals surface area (Å²) in [6, 6.07) is 5.16. The number of nitro groups is 1. The third-order valence-electron chi connectivity index (χ3n) is 2.60. The molecule has 0 saturated carbocycles. The summed E-state index contributed by atoms with van der Waals surface area (Å²) in [6.07, 6.45) is -0.713. The molecule has 7 heteroatoms. The van der Waals surface area contributed by atoms with Gasteiger partial charge in [0.2, 0.25) is 6.54 Å². The molecule has 1 aliphatic heterocycles. The molecule has 104 valence electrons. The van der Waals surface area contributed by atoms with Crippen LogP contribution >= 0.6 is 0 Å². The van der Waals surface area contributed by atoms with E-state index < -0.39 is 18.1 Å². The normalized spacial score (nSPS) is 16.4. The van der Waals surface area contributed by atoms with E-state index in [2.05, 4.69) is 0 Å². The van der Waals surface area contributed by atoms with Crippen LogP contribution in [0.4, 0.5) is 0 Å². The van der Waals surface area contributed by atoms with Crippen molar-refractivity contribution in [2.45, 2.75) is 26.9 Å². The lowest BCUT2D eigenvalue weighted by Crippen LogP contribution is -2.29. The van der Waals surface area contributed by atoms with Crippen LogP contribution in [0.15, 0.2) is 18.2 Å². The Hall–Kier alpha value is -1.60. The number of nitrogens with zero attached hydrogens (tertiary/aromatic N) is 1. The molecule has 1 atom stereocenters. The maximum Gasteiger partial charge on any atom is 0.496 e. The SMILES string of the molecule is CC.CCOc1cccc2c1B(O)OC2C[N+](=O)[O-]. The van der Waals surface area contributed by atoms with E-state index in [1.165, 1.54) is 0 Å². The molecule has 0 radical (unpaired) electrons. The van der Waals surface area contributed by atoms with Crippen LogP contribution in [-0.2, 0) is 4.65 Å². The predicted octanol–water partition coefficient (Wildman–Crippen LogP) is 1.15. The van der Waals surface area contributed by atoms with Crippen molar-refractivity contribution < 1.29 is 19.3 Å². The number of benzene rings is 1. The van der Waals surface area contributed by atoms with Crippen molar-refractivity contribution in [3.63, 3.8) is 0 Å². The van der Waals surface area contributed by atoms with Crippen molar-refractivity contribution in [2.24, 2.45) is 0 Å². The van der Waals surface area contributed by atoms with Gasteiger partial charge in [-0.2, -0.15) is 0 Å². The first kappa shape index (κ1) is 15.5. The minimum atomic E-state index is -1.15. The number of hydrogen-bond acceptors (Lipinski definition) is 5. The zero-order valence-electron chi connectivity index (χ0n) is 11.3. The second kappa shape index (κ2) is 7.11. The van der Waals surface area contributed by atoms with E-state index in [1.54, 1.807) is 18.2 Å². The van der Waals surface area contributed by atoms with Gasteiger partial charge in [-0.05, 0) is 18.6 Å². The molecule has 0 aliphatic carbocycles. The molecule has 1 heterocycles. The maximum atomic E-state index is 10.5. The van der Waals surface area contributed by atoms with Gasteiger partial charge in [-0.25, -0.2) is 0 Å². The first-order valence-electron chi connectivity index (χ1n) is 6.34. The fourth-order valence-corrected chi connectivity index (χ4v) is 1.96. The summed E-state index contributed by atoms with van der Waals surface area (Å²) < 4.78 is 10.5. The summed E-state index contributed by atoms with van der Waals surface area (Å²) in [4.78, 5) is 10.0. The second-order valence-corrected chi connectivity index (χ2v) is 3.68. The van der Waals surface area contributed by atoms with E-state index in [1.807, 2.05) is 20.8 Å². The summed E-state index contributed by atoms with van der Waals surface area (Å²) in [5, 5.41) is 20.2. The zero-order valence-corrected chi connectivity index (χ0v) is 11.3. The first-order valence-corrected chi connectivity index (χ1v) is 6.34. The smallest absolute Gasteiger partial charge is 0.494 e. The zero-order chi connectivity index (χ0) is 14.4. The first-order chi connectivity index (χ1) is 9.13. The standard InChI is InChI=1S/C10H12BNO5.C2H6/c1-2-16-8-5-3-4-7-9(6-12(14)15)17-11(13)10(7)8;1-2/h3-5,9,13H,2,6H2,1H3;1-2H3. The van der Waals surface area contributed by atoms with E-state index in [0.29, 0.717) is 23.4 Å². The molecule has 1 N–H and O–H groups in total. The van der Waals surface area contributed by atoms with E-state index >= 15 is 0 Å². The number of rotatable bonds is 4. The highest BCUT2D eigenvalue weighted by atomic mass is 16.6. The molecule has 1 aliphatic rings. The van der Waals surface area contributed by atoms with Gasteiger partial charge in [0.25, 0.3) is 0 Å². The molecule has 1 aromatic carbocycles. The summed E-state index contributed by atoms with van der Waals surface area (Å²) in [5.41, 5.74) is 1.13. The van der Waals surface area contributed by atoms with E-state index in [0.717, 1.165) is 0 Å². The summed E-state index contributed by atoms with van der Waals surface area (Å²) in [7, 11) is -1.15. The third kappa shape index (κ3) is 3.45. The highest BCUT2D eigenvalue weighted by Crippen LogP contribution is 2.27. The van der Waals surface area contributed by atoms with Crippen LogP contribution in [0.2, 0.25) is 0 Å². The minimum Gasteiger partial charge on any atom is -0.494 e. The molecule has 19 heavy (non-hydrogen) atoms. The Balaban J connectivity index is 0.000000861. The molecule has 0 aromatic heterocycles. The van der Waals surface area contributed by atoms with Gasteiger partial charge in [0.1, 0.15) is 11.9 Å². The Morgan fingerprint density at radius 3 is 2.79 bits per heavy atom. The molecule has 0 fully saturated rings. The van der Waals surface area contributed by atoms with Crippen LogP contribution in [0.25, 0.3) is 0 Å². The van der Waals surface area contributed by atoms with Gasteiger partial charge in [-0.1, -0.05) is 26.0 Å². The van der Waals surface area contributed by atoms with Gasteiger partial charge in [-0.15, -0.1) is 0 Å². The van der Waals surface area contributed by atoms with Crippen molar-refractivity contribution in [1.82, 2.24) is 0 Å². The number of hydrogen-bond donors (Lipinski definition) is 1. The largest absolute Gasteiger partial charge is 0.496 e. The molecule has 1 aromatic rings. The van der Waals surface area contributed by atoms with Crippen LogP contribution in [0, 0.1) is 10.1 Å². The Bertz CT molecular complexity index is 440. The fourth-order valence-electron chi connectivity index (χ4n) is 1.96. The second-order valence-electron chi connectivity index (χ2n) is 3.68. The molecular weight excluding hydrogens is 249 g/mol. The Morgan fingerprint density at radius 1 is 1.53 bits per heavy atom. The van der Waals surface area contributed by atoms with Crippen molar-refractivity contribution in [3.8, 4) is 5.75 Å². The minimum absolute atomic E-state index is 0.361. The summed E-state index contributed by atoms with van der Waals surface area (Å²) in [5.74, 6) is 0.517. The van der Waals surface area contributed by atoms with Gasteiger partial charge in [0, 0.05) is 10.4 Å². The van der Waals surface area contributed by atoms with Crippen molar-refractivity contribution in [2.75, 3.05) is 13.2 Å². The van der Waals surface area contributed by atoms with Crippen molar-refractivity contribution in [1.29, 1.82) is 0 Å². The molecule has 0 saturated heterocycles. The topological polar surface area (TPSA) is 81.8 Å². The molecule has 1 unspecified atom stereocenters. The third-order valence-corrected chi connectivity index (χ3v) is 2.60. The van der Waals surface area contributed by atoms with Gasteiger partial charge >= 0.3 is 7.12 Å².